The SMILES string of the molecule is CCCC(N)C(=O)Nc1ccc(CNC(=O)c2ccc(C(F)(F)F)cc2)cc1. The first-order valence-electron chi connectivity index (χ1n) is 8.81. The van der Waals surface area contributed by atoms with Crippen molar-refractivity contribution in [1.82, 2.24) is 5.32 Å². The summed E-state index contributed by atoms with van der Waals surface area (Å²) in [7, 11) is 0. The first-order valence-corrected chi connectivity index (χ1v) is 8.81. The van der Waals surface area contributed by atoms with E-state index in [1.165, 1.54) is 0 Å². The third-order valence-corrected chi connectivity index (χ3v) is 4.09. The maximum absolute atomic E-state index is 12.6. The summed E-state index contributed by atoms with van der Waals surface area (Å²) >= 11 is 0. The van der Waals surface area contributed by atoms with E-state index in [1.807, 2.05) is 6.92 Å². The molecule has 0 aliphatic heterocycles. The summed E-state index contributed by atoms with van der Waals surface area (Å²) in [5.74, 6) is -0.734. The van der Waals surface area contributed by atoms with Gasteiger partial charge in [0.2, 0.25) is 5.91 Å². The second-order valence-corrected chi connectivity index (χ2v) is 6.34. The maximum atomic E-state index is 12.6. The number of hydrogen-bond acceptors (Lipinski definition) is 3. The van der Waals surface area contributed by atoms with Crippen molar-refractivity contribution in [1.29, 1.82) is 0 Å². The van der Waals surface area contributed by atoms with Gasteiger partial charge in [-0.2, -0.15) is 13.2 Å². The Labute approximate surface area is 161 Å². The van der Waals surface area contributed by atoms with Crippen molar-refractivity contribution in [3.05, 3.63) is 65.2 Å². The lowest BCUT2D eigenvalue weighted by molar-refractivity contribution is -0.137. The molecule has 0 aromatic heterocycles. The van der Waals surface area contributed by atoms with Crippen molar-refractivity contribution in [3.8, 4) is 0 Å². The highest BCUT2D eigenvalue weighted by molar-refractivity contribution is 5.95. The monoisotopic (exact) mass is 393 g/mol. The summed E-state index contributed by atoms with van der Waals surface area (Å²) in [5.41, 5.74) is 6.45. The number of alkyl halides is 3. The highest BCUT2D eigenvalue weighted by Gasteiger charge is 2.30. The molecule has 1 unspecified atom stereocenters. The van der Waals surface area contributed by atoms with Crippen molar-refractivity contribution in [2.45, 2.75) is 38.5 Å². The van der Waals surface area contributed by atoms with E-state index in [4.69, 9.17) is 5.73 Å². The van der Waals surface area contributed by atoms with Crippen LogP contribution in [0.5, 0.6) is 0 Å². The third-order valence-electron chi connectivity index (χ3n) is 4.09. The fraction of sp³-hybridized carbons (Fsp3) is 0.300. The van der Waals surface area contributed by atoms with Crippen molar-refractivity contribution in [3.63, 3.8) is 0 Å². The molecule has 0 saturated carbocycles. The topological polar surface area (TPSA) is 84.2 Å². The quantitative estimate of drug-likeness (QED) is 0.671. The summed E-state index contributed by atoms with van der Waals surface area (Å²) in [6.07, 6.45) is -3.03. The molecule has 2 aromatic carbocycles. The van der Waals surface area contributed by atoms with Gasteiger partial charge in [-0.3, -0.25) is 9.59 Å². The average Bonchev–Trinajstić information content (AvgIpc) is 2.66. The number of benzene rings is 2. The van der Waals surface area contributed by atoms with Gasteiger partial charge in [-0.25, -0.2) is 0 Å². The van der Waals surface area contributed by atoms with Gasteiger partial charge < -0.3 is 16.4 Å². The van der Waals surface area contributed by atoms with E-state index in [2.05, 4.69) is 10.6 Å². The molecule has 0 aliphatic carbocycles. The van der Waals surface area contributed by atoms with E-state index in [0.29, 0.717) is 12.1 Å². The largest absolute Gasteiger partial charge is 0.416 e. The smallest absolute Gasteiger partial charge is 0.348 e. The van der Waals surface area contributed by atoms with Crippen LogP contribution in [0.4, 0.5) is 18.9 Å². The third kappa shape index (κ3) is 6.09. The van der Waals surface area contributed by atoms with Gasteiger partial charge in [0.15, 0.2) is 0 Å². The number of hydrogen-bond donors (Lipinski definition) is 3. The Balaban J connectivity index is 1.89. The number of anilines is 1. The second-order valence-electron chi connectivity index (χ2n) is 6.34. The minimum atomic E-state index is -4.44. The number of carbonyl (C=O) groups is 2. The van der Waals surface area contributed by atoms with Gasteiger partial charge >= 0.3 is 6.18 Å². The summed E-state index contributed by atoms with van der Waals surface area (Å²) in [4.78, 5) is 23.9. The van der Waals surface area contributed by atoms with Gasteiger partial charge in [-0.05, 0) is 48.4 Å². The minimum absolute atomic E-state index is 0.141. The molecule has 0 spiro atoms. The Kier molecular flexibility index (Phi) is 7.17. The van der Waals surface area contributed by atoms with Gasteiger partial charge in [-0.15, -0.1) is 0 Å². The van der Waals surface area contributed by atoms with Crippen LogP contribution in [0.1, 0.15) is 41.3 Å². The van der Waals surface area contributed by atoms with Gasteiger partial charge in [0.1, 0.15) is 0 Å². The molecule has 0 heterocycles. The molecular formula is C20H22F3N3O2. The van der Waals surface area contributed by atoms with Crippen LogP contribution in [0.3, 0.4) is 0 Å². The van der Waals surface area contributed by atoms with Crippen LogP contribution in [-0.4, -0.2) is 17.9 Å². The van der Waals surface area contributed by atoms with Crippen LogP contribution < -0.4 is 16.4 Å². The van der Waals surface area contributed by atoms with Crippen LogP contribution >= 0.6 is 0 Å². The molecule has 0 aliphatic rings. The maximum Gasteiger partial charge on any atom is 0.416 e. The Morgan fingerprint density at radius 2 is 1.64 bits per heavy atom. The van der Waals surface area contributed by atoms with Crippen LogP contribution in [0, 0.1) is 0 Å². The molecule has 150 valence electrons. The molecule has 4 N–H and O–H groups in total. The lowest BCUT2D eigenvalue weighted by Gasteiger charge is -2.12. The standard InChI is InChI=1S/C20H22F3N3O2/c1-2-3-17(24)19(28)26-16-10-4-13(5-11-16)12-25-18(27)14-6-8-15(9-7-14)20(21,22)23/h4-11,17H,2-3,12,24H2,1H3,(H,25,27)(H,26,28). The fourth-order valence-corrected chi connectivity index (χ4v) is 2.48. The van der Waals surface area contributed by atoms with E-state index >= 15 is 0 Å². The summed E-state index contributed by atoms with van der Waals surface area (Å²) in [6.45, 7) is 2.14. The summed E-state index contributed by atoms with van der Waals surface area (Å²) in [5, 5.41) is 5.36. The second kappa shape index (κ2) is 9.36. The molecule has 0 fully saturated rings. The number of carbonyl (C=O) groups excluding carboxylic acids is 2. The molecule has 2 aromatic rings. The predicted octanol–water partition coefficient (Wildman–Crippen LogP) is 3.70. The molecule has 28 heavy (non-hydrogen) atoms. The number of amides is 2. The number of nitrogens with two attached hydrogens (primary N) is 1. The Hall–Kier alpha value is -2.87. The molecule has 0 radical (unpaired) electrons. The molecule has 8 heteroatoms. The molecule has 0 saturated heterocycles. The van der Waals surface area contributed by atoms with Crippen molar-refractivity contribution >= 4 is 17.5 Å². The van der Waals surface area contributed by atoms with Crippen molar-refractivity contribution in [2.75, 3.05) is 5.32 Å². The first-order chi connectivity index (χ1) is 13.2. The fourth-order valence-electron chi connectivity index (χ4n) is 2.48. The zero-order chi connectivity index (χ0) is 20.7. The highest BCUT2D eigenvalue weighted by Crippen LogP contribution is 2.29. The van der Waals surface area contributed by atoms with Gasteiger partial charge in [-0.1, -0.05) is 25.5 Å². The van der Waals surface area contributed by atoms with Crippen LogP contribution in [0.25, 0.3) is 0 Å². The number of nitrogens with one attached hydrogen (secondary N) is 2. The van der Waals surface area contributed by atoms with Gasteiger partial charge in [0.25, 0.3) is 5.91 Å². The Bertz CT molecular complexity index is 803. The van der Waals surface area contributed by atoms with Gasteiger partial charge in [0.05, 0.1) is 11.6 Å². The van der Waals surface area contributed by atoms with Crippen LogP contribution in [0.15, 0.2) is 48.5 Å². The molecule has 0 bridgehead atoms. The summed E-state index contributed by atoms with van der Waals surface area (Å²) in [6, 6.07) is 10.3. The molecule has 2 amide bonds. The van der Waals surface area contributed by atoms with E-state index < -0.39 is 23.7 Å². The normalized spacial score (nSPS) is 12.3. The minimum Gasteiger partial charge on any atom is -0.348 e. The highest BCUT2D eigenvalue weighted by atomic mass is 19.4. The van der Waals surface area contributed by atoms with E-state index in [1.54, 1.807) is 24.3 Å². The zero-order valence-corrected chi connectivity index (χ0v) is 15.3. The van der Waals surface area contributed by atoms with Crippen molar-refractivity contribution in [2.24, 2.45) is 5.73 Å². The number of rotatable bonds is 7. The Morgan fingerprint density at radius 1 is 1.04 bits per heavy atom. The lowest BCUT2D eigenvalue weighted by atomic mass is 10.1. The average molecular weight is 393 g/mol. The van der Waals surface area contributed by atoms with Gasteiger partial charge in [0, 0.05) is 17.8 Å². The lowest BCUT2D eigenvalue weighted by Crippen LogP contribution is -2.35. The van der Waals surface area contributed by atoms with E-state index in [-0.39, 0.29) is 18.0 Å². The predicted molar refractivity (Wildman–Crippen MR) is 101 cm³/mol. The molecule has 1 atom stereocenters. The van der Waals surface area contributed by atoms with E-state index in [0.717, 1.165) is 36.2 Å². The first kappa shape index (κ1) is 21.4. The zero-order valence-electron chi connectivity index (χ0n) is 15.3. The summed E-state index contributed by atoms with van der Waals surface area (Å²) < 4.78 is 37.7. The van der Waals surface area contributed by atoms with Crippen LogP contribution in [-0.2, 0) is 17.5 Å². The van der Waals surface area contributed by atoms with E-state index in [9.17, 15) is 22.8 Å². The van der Waals surface area contributed by atoms with Crippen molar-refractivity contribution < 1.29 is 22.8 Å². The molecular weight excluding hydrogens is 371 g/mol. The molecule has 2 rings (SSSR count). The number of halogens is 3. The molecule has 5 nitrogen and oxygen atoms in total. The van der Waals surface area contributed by atoms with Crippen LogP contribution in [0.2, 0.25) is 0 Å². The Morgan fingerprint density at radius 3 is 2.18 bits per heavy atom.